The summed E-state index contributed by atoms with van der Waals surface area (Å²) in [7, 11) is 0. The summed E-state index contributed by atoms with van der Waals surface area (Å²) in [6, 6.07) is 5.68. The highest BCUT2D eigenvalue weighted by atomic mass is 16.1. The molecule has 0 bridgehead atoms. The molecule has 1 aromatic carbocycles. The Morgan fingerprint density at radius 1 is 1.18 bits per heavy atom. The van der Waals surface area contributed by atoms with Crippen molar-refractivity contribution >= 4 is 16.8 Å². The molecule has 0 atom stereocenters. The number of aromatic amines is 1. The summed E-state index contributed by atoms with van der Waals surface area (Å²) < 4.78 is 0. The molecule has 1 heterocycles. The van der Waals surface area contributed by atoms with Crippen molar-refractivity contribution in [2.75, 3.05) is 0 Å². The number of aryl methyl sites for hydroxylation is 2. The Labute approximate surface area is 100 Å². The van der Waals surface area contributed by atoms with Gasteiger partial charge in [0.15, 0.2) is 0 Å². The van der Waals surface area contributed by atoms with Gasteiger partial charge in [0.2, 0.25) is 5.91 Å². The van der Waals surface area contributed by atoms with Crippen LogP contribution in [0, 0.1) is 0 Å². The molecule has 3 rings (SSSR count). The molecule has 0 unspecified atom stereocenters. The number of carbonyl (C=O) groups is 1. The molecule has 1 aliphatic rings. The maximum absolute atomic E-state index is 11.2. The molecule has 0 fully saturated rings. The van der Waals surface area contributed by atoms with E-state index in [0.29, 0.717) is 5.56 Å². The first-order chi connectivity index (χ1) is 8.25. The molecular weight excluding hydrogens is 212 g/mol. The number of carbonyl (C=O) groups excluding carboxylic acids is 1. The number of nitrogens with one attached hydrogen (secondary N) is 1. The Morgan fingerprint density at radius 2 is 2.00 bits per heavy atom. The number of H-pyrrole nitrogens is 1. The number of amides is 1. The third kappa shape index (κ3) is 1.71. The lowest BCUT2D eigenvalue weighted by Crippen LogP contribution is -2.10. The highest BCUT2D eigenvalue weighted by molar-refractivity contribution is 5.98. The van der Waals surface area contributed by atoms with Crippen molar-refractivity contribution in [2.24, 2.45) is 5.73 Å². The highest BCUT2D eigenvalue weighted by Crippen LogP contribution is 2.28. The van der Waals surface area contributed by atoms with E-state index in [0.717, 1.165) is 18.4 Å². The second kappa shape index (κ2) is 3.91. The minimum Gasteiger partial charge on any atom is -0.366 e. The zero-order valence-electron chi connectivity index (χ0n) is 9.75. The molecule has 1 amide bonds. The molecule has 0 spiro atoms. The van der Waals surface area contributed by atoms with Crippen LogP contribution in [0.3, 0.4) is 0 Å². The Hall–Kier alpha value is -1.77. The number of benzene rings is 1. The SMILES string of the molecule is NC(=O)c1ccc2[nH]c3c(c2c1)CCCCC3. The van der Waals surface area contributed by atoms with Crippen LogP contribution in [0.2, 0.25) is 0 Å². The van der Waals surface area contributed by atoms with Gasteiger partial charge in [0.05, 0.1) is 0 Å². The van der Waals surface area contributed by atoms with E-state index >= 15 is 0 Å². The average molecular weight is 228 g/mol. The van der Waals surface area contributed by atoms with Gasteiger partial charge in [-0.2, -0.15) is 0 Å². The van der Waals surface area contributed by atoms with Gasteiger partial charge in [0, 0.05) is 22.2 Å². The Kier molecular flexibility index (Phi) is 2.39. The number of aromatic nitrogens is 1. The summed E-state index contributed by atoms with van der Waals surface area (Å²) in [5, 5.41) is 1.18. The molecule has 0 saturated heterocycles. The molecule has 88 valence electrons. The third-order valence-electron chi connectivity index (χ3n) is 3.63. The molecule has 0 saturated carbocycles. The summed E-state index contributed by atoms with van der Waals surface area (Å²) >= 11 is 0. The first kappa shape index (κ1) is 10.4. The molecule has 0 radical (unpaired) electrons. The second-order valence-corrected chi connectivity index (χ2v) is 4.77. The number of primary amides is 1. The van der Waals surface area contributed by atoms with Gasteiger partial charge in [0.1, 0.15) is 0 Å². The summed E-state index contributed by atoms with van der Waals surface area (Å²) in [6.07, 6.45) is 6.01. The smallest absolute Gasteiger partial charge is 0.248 e. The topological polar surface area (TPSA) is 58.9 Å². The Bertz CT molecular complexity index is 583. The molecule has 1 aliphatic carbocycles. The van der Waals surface area contributed by atoms with Crippen LogP contribution in [0.25, 0.3) is 10.9 Å². The summed E-state index contributed by atoms with van der Waals surface area (Å²) in [5.74, 6) is -0.351. The number of fused-ring (bicyclic) bond motifs is 3. The second-order valence-electron chi connectivity index (χ2n) is 4.77. The fraction of sp³-hybridized carbons (Fsp3) is 0.357. The lowest BCUT2D eigenvalue weighted by molar-refractivity contribution is 0.100. The van der Waals surface area contributed by atoms with Crippen molar-refractivity contribution in [3.8, 4) is 0 Å². The summed E-state index contributed by atoms with van der Waals surface area (Å²) in [5.41, 5.74) is 9.79. The molecule has 1 aromatic heterocycles. The van der Waals surface area contributed by atoms with Crippen molar-refractivity contribution < 1.29 is 4.79 Å². The number of hydrogen-bond acceptors (Lipinski definition) is 1. The predicted molar refractivity (Wildman–Crippen MR) is 68.1 cm³/mol. The number of hydrogen-bond donors (Lipinski definition) is 2. The zero-order valence-corrected chi connectivity index (χ0v) is 9.75. The maximum atomic E-state index is 11.2. The largest absolute Gasteiger partial charge is 0.366 e. The van der Waals surface area contributed by atoms with Gasteiger partial charge < -0.3 is 10.7 Å². The first-order valence-corrected chi connectivity index (χ1v) is 6.19. The lowest BCUT2D eigenvalue weighted by Gasteiger charge is -1.99. The van der Waals surface area contributed by atoms with E-state index in [1.165, 1.54) is 35.9 Å². The van der Waals surface area contributed by atoms with Gasteiger partial charge in [-0.15, -0.1) is 0 Å². The lowest BCUT2D eigenvalue weighted by atomic mass is 10.0. The number of nitrogens with two attached hydrogens (primary N) is 1. The third-order valence-corrected chi connectivity index (χ3v) is 3.63. The van der Waals surface area contributed by atoms with E-state index in [1.54, 1.807) is 6.07 Å². The van der Waals surface area contributed by atoms with Gasteiger partial charge in [-0.05, 0) is 49.4 Å². The van der Waals surface area contributed by atoms with Crippen molar-refractivity contribution in [1.82, 2.24) is 4.98 Å². The van der Waals surface area contributed by atoms with E-state index in [1.807, 2.05) is 12.1 Å². The van der Waals surface area contributed by atoms with Crippen LogP contribution in [-0.2, 0) is 12.8 Å². The average Bonchev–Trinajstić information content (AvgIpc) is 2.51. The quantitative estimate of drug-likeness (QED) is 0.724. The minimum absolute atomic E-state index is 0.351. The van der Waals surface area contributed by atoms with Gasteiger partial charge in [-0.25, -0.2) is 0 Å². The van der Waals surface area contributed by atoms with E-state index < -0.39 is 0 Å². The van der Waals surface area contributed by atoms with Crippen LogP contribution in [0.1, 0.15) is 40.9 Å². The normalized spacial score (nSPS) is 15.5. The molecule has 3 N–H and O–H groups in total. The van der Waals surface area contributed by atoms with Gasteiger partial charge in [-0.3, -0.25) is 4.79 Å². The molecule has 2 aromatic rings. The van der Waals surface area contributed by atoms with E-state index in [4.69, 9.17) is 5.73 Å². The van der Waals surface area contributed by atoms with Gasteiger partial charge in [-0.1, -0.05) is 6.42 Å². The van der Waals surface area contributed by atoms with Crippen LogP contribution in [0.5, 0.6) is 0 Å². The van der Waals surface area contributed by atoms with Crippen LogP contribution < -0.4 is 5.73 Å². The van der Waals surface area contributed by atoms with Gasteiger partial charge in [0.25, 0.3) is 0 Å². The van der Waals surface area contributed by atoms with Crippen LogP contribution in [0.15, 0.2) is 18.2 Å². The zero-order chi connectivity index (χ0) is 11.8. The summed E-state index contributed by atoms with van der Waals surface area (Å²) in [6.45, 7) is 0. The minimum atomic E-state index is -0.351. The van der Waals surface area contributed by atoms with Crippen molar-refractivity contribution in [1.29, 1.82) is 0 Å². The van der Waals surface area contributed by atoms with Crippen molar-refractivity contribution in [3.05, 3.63) is 35.0 Å². The van der Waals surface area contributed by atoms with Gasteiger partial charge >= 0.3 is 0 Å². The van der Waals surface area contributed by atoms with Crippen LogP contribution >= 0.6 is 0 Å². The van der Waals surface area contributed by atoms with Crippen LogP contribution in [0.4, 0.5) is 0 Å². The fourth-order valence-electron chi connectivity index (χ4n) is 2.74. The molecule has 0 aliphatic heterocycles. The van der Waals surface area contributed by atoms with E-state index in [2.05, 4.69) is 4.98 Å². The molecule has 17 heavy (non-hydrogen) atoms. The van der Waals surface area contributed by atoms with E-state index in [-0.39, 0.29) is 5.91 Å². The standard InChI is InChI=1S/C14H16N2O/c15-14(17)9-6-7-13-11(8-9)10-4-2-1-3-5-12(10)16-13/h6-8,16H,1-5H2,(H2,15,17). The molecule has 3 nitrogen and oxygen atoms in total. The molecular formula is C14H16N2O. The van der Waals surface area contributed by atoms with Crippen LogP contribution in [-0.4, -0.2) is 10.9 Å². The Morgan fingerprint density at radius 3 is 2.82 bits per heavy atom. The maximum Gasteiger partial charge on any atom is 0.248 e. The Balaban J connectivity index is 2.20. The molecule has 3 heteroatoms. The fourth-order valence-corrected chi connectivity index (χ4v) is 2.74. The summed E-state index contributed by atoms with van der Waals surface area (Å²) in [4.78, 5) is 14.7. The van der Waals surface area contributed by atoms with E-state index in [9.17, 15) is 4.79 Å². The predicted octanol–water partition coefficient (Wildman–Crippen LogP) is 2.54. The highest BCUT2D eigenvalue weighted by Gasteiger charge is 2.15. The first-order valence-electron chi connectivity index (χ1n) is 6.19. The number of rotatable bonds is 1. The van der Waals surface area contributed by atoms with Crippen molar-refractivity contribution in [3.63, 3.8) is 0 Å². The van der Waals surface area contributed by atoms with Crippen molar-refractivity contribution in [2.45, 2.75) is 32.1 Å². The monoisotopic (exact) mass is 228 g/mol.